The number of amides is 2. The maximum absolute atomic E-state index is 12.5. The number of thioether (sulfide) groups is 1. The summed E-state index contributed by atoms with van der Waals surface area (Å²) >= 11 is 1.64. The number of carbonyl (C=O) groups is 2. The van der Waals surface area contributed by atoms with Gasteiger partial charge in [-0.25, -0.2) is 0 Å². The van der Waals surface area contributed by atoms with E-state index in [4.69, 9.17) is 11.0 Å². The Morgan fingerprint density at radius 2 is 1.80 bits per heavy atom. The van der Waals surface area contributed by atoms with Gasteiger partial charge < -0.3 is 11.1 Å². The van der Waals surface area contributed by atoms with Gasteiger partial charge in [-0.2, -0.15) is 5.26 Å². The lowest BCUT2D eigenvalue weighted by Crippen LogP contribution is -2.31. The third-order valence-electron chi connectivity index (χ3n) is 3.68. The largest absolute Gasteiger partial charge is 0.366 e. The molecule has 0 radical (unpaired) electrons. The lowest BCUT2D eigenvalue weighted by molar-refractivity contribution is -0.122. The van der Waals surface area contributed by atoms with E-state index in [1.165, 1.54) is 0 Å². The van der Waals surface area contributed by atoms with Gasteiger partial charge in [-0.05, 0) is 35.9 Å². The predicted octanol–water partition coefficient (Wildman–Crippen LogP) is 2.69. The molecular formula is C19H19N3O2S. The van der Waals surface area contributed by atoms with Gasteiger partial charge in [-0.15, -0.1) is 11.8 Å². The molecule has 1 atom stereocenters. The van der Waals surface area contributed by atoms with Crippen molar-refractivity contribution < 1.29 is 9.59 Å². The van der Waals surface area contributed by atoms with Crippen molar-refractivity contribution in [1.82, 2.24) is 5.32 Å². The monoisotopic (exact) mass is 353 g/mol. The van der Waals surface area contributed by atoms with E-state index in [9.17, 15) is 9.59 Å². The van der Waals surface area contributed by atoms with E-state index < -0.39 is 11.8 Å². The summed E-state index contributed by atoms with van der Waals surface area (Å²) in [4.78, 5) is 25.3. The molecule has 0 fully saturated rings. The molecule has 2 rings (SSSR count). The quantitative estimate of drug-likeness (QED) is 0.563. The van der Waals surface area contributed by atoms with Crippen LogP contribution in [0.3, 0.4) is 0 Å². The molecule has 5 nitrogen and oxygen atoms in total. The number of carbonyl (C=O) groups excluding carboxylic acids is 2. The molecule has 6 heteroatoms. The van der Waals surface area contributed by atoms with Crippen molar-refractivity contribution in [2.24, 2.45) is 5.73 Å². The fourth-order valence-corrected chi connectivity index (χ4v) is 3.45. The van der Waals surface area contributed by atoms with Crippen LogP contribution in [0.4, 0.5) is 0 Å². The van der Waals surface area contributed by atoms with E-state index in [1.807, 2.05) is 36.4 Å². The number of benzene rings is 2. The zero-order valence-electron chi connectivity index (χ0n) is 13.6. The Morgan fingerprint density at radius 3 is 2.48 bits per heavy atom. The van der Waals surface area contributed by atoms with Crippen molar-refractivity contribution in [1.29, 1.82) is 5.26 Å². The van der Waals surface area contributed by atoms with Crippen LogP contribution in [0, 0.1) is 11.3 Å². The molecule has 0 spiro atoms. The highest BCUT2D eigenvalue weighted by molar-refractivity contribution is 7.99. The Kier molecular flexibility index (Phi) is 7.05. The first-order chi connectivity index (χ1) is 12.1. The zero-order valence-corrected chi connectivity index (χ0v) is 14.5. The van der Waals surface area contributed by atoms with Gasteiger partial charge in [0.2, 0.25) is 11.8 Å². The van der Waals surface area contributed by atoms with Crippen molar-refractivity contribution in [2.45, 2.75) is 17.2 Å². The summed E-state index contributed by atoms with van der Waals surface area (Å²) in [7, 11) is 0. The topological polar surface area (TPSA) is 96.0 Å². The number of nitriles is 1. The number of nitrogens with two attached hydrogens (primary N) is 1. The van der Waals surface area contributed by atoms with E-state index in [-0.39, 0.29) is 12.5 Å². The summed E-state index contributed by atoms with van der Waals surface area (Å²) in [5.74, 6) is -0.677. The van der Waals surface area contributed by atoms with E-state index in [2.05, 4.69) is 5.32 Å². The Balaban J connectivity index is 2.17. The summed E-state index contributed by atoms with van der Waals surface area (Å²) in [5.41, 5.74) is 6.38. The van der Waals surface area contributed by atoms with Crippen molar-refractivity contribution in [3.8, 4) is 6.07 Å². The highest BCUT2D eigenvalue weighted by atomic mass is 32.2. The number of nitrogens with one attached hydrogen (secondary N) is 1. The fourth-order valence-electron chi connectivity index (χ4n) is 2.51. The molecule has 0 saturated carbocycles. The third kappa shape index (κ3) is 5.37. The molecule has 0 heterocycles. The van der Waals surface area contributed by atoms with Crippen LogP contribution in [0.2, 0.25) is 0 Å². The number of nitrogens with zero attached hydrogens (tertiary/aromatic N) is 1. The smallest absolute Gasteiger partial charge is 0.249 e. The van der Waals surface area contributed by atoms with Crippen LogP contribution < -0.4 is 11.1 Å². The van der Waals surface area contributed by atoms with E-state index in [0.717, 1.165) is 4.90 Å². The molecule has 0 bridgehead atoms. The highest BCUT2D eigenvalue weighted by Crippen LogP contribution is 2.27. The molecule has 0 aliphatic rings. The molecule has 25 heavy (non-hydrogen) atoms. The number of primary amides is 1. The number of hydrogen-bond donors (Lipinski definition) is 2. The Hall–Kier alpha value is -2.78. The van der Waals surface area contributed by atoms with Gasteiger partial charge in [0.25, 0.3) is 0 Å². The van der Waals surface area contributed by atoms with Gasteiger partial charge in [0.1, 0.15) is 6.54 Å². The number of hydrogen-bond acceptors (Lipinski definition) is 4. The normalized spacial score (nSPS) is 11.3. The van der Waals surface area contributed by atoms with Crippen LogP contribution in [-0.4, -0.2) is 24.1 Å². The second kappa shape index (κ2) is 9.50. The van der Waals surface area contributed by atoms with Crippen LogP contribution in [0.5, 0.6) is 0 Å². The van der Waals surface area contributed by atoms with E-state index >= 15 is 0 Å². The van der Waals surface area contributed by atoms with Gasteiger partial charge in [-0.3, -0.25) is 9.59 Å². The molecule has 0 aromatic heterocycles. The molecule has 2 aromatic carbocycles. The predicted molar refractivity (Wildman–Crippen MR) is 98.1 cm³/mol. The number of rotatable bonds is 8. The van der Waals surface area contributed by atoms with Crippen molar-refractivity contribution in [3.63, 3.8) is 0 Å². The van der Waals surface area contributed by atoms with Crippen LogP contribution in [0.25, 0.3) is 0 Å². The van der Waals surface area contributed by atoms with Crippen LogP contribution in [0.15, 0.2) is 59.5 Å². The molecule has 3 N–H and O–H groups in total. The van der Waals surface area contributed by atoms with Gasteiger partial charge in [0.05, 0.1) is 12.0 Å². The average Bonchev–Trinajstić information content (AvgIpc) is 2.64. The lowest BCUT2D eigenvalue weighted by atomic mass is 9.91. The van der Waals surface area contributed by atoms with Crippen molar-refractivity contribution in [3.05, 3.63) is 65.7 Å². The molecule has 0 saturated heterocycles. The Labute approximate surface area is 151 Å². The minimum absolute atomic E-state index is 0.0695. The summed E-state index contributed by atoms with van der Waals surface area (Å²) in [5, 5.41) is 11.3. The summed E-state index contributed by atoms with van der Waals surface area (Å²) in [6.07, 6.45) is 0.529. The fraction of sp³-hybridized carbons (Fsp3) is 0.211. The molecule has 128 valence electrons. The maximum Gasteiger partial charge on any atom is 0.249 e. The molecular weight excluding hydrogens is 334 g/mol. The van der Waals surface area contributed by atoms with E-state index in [0.29, 0.717) is 23.3 Å². The van der Waals surface area contributed by atoms with Crippen molar-refractivity contribution >= 4 is 23.6 Å². The van der Waals surface area contributed by atoms with Gasteiger partial charge >= 0.3 is 0 Å². The Morgan fingerprint density at radius 1 is 1.12 bits per heavy atom. The third-order valence-corrected chi connectivity index (χ3v) is 4.72. The minimum atomic E-state index is -0.565. The summed E-state index contributed by atoms with van der Waals surface area (Å²) in [6.45, 7) is -0.0695. The minimum Gasteiger partial charge on any atom is -0.366 e. The zero-order chi connectivity index (χ0) is 18.1. The standard InChI is InChI=1S/C19H19N3O2S/c20-11-12-22-19(24)17(10-13-25-14-6-2-1-3-7-14)15-8-4-5-9-16(15)18(21)23/h1-9,17H,10,12-13H2,(H2,21,23)(H,22,24). The lowest BCUT2D eigenvalue weighted by Gasteiger charge is -2.18. The Bertz CT molecular complexity index is 772. The first kappa shape index (κ1) is 18.6. The molecule has 2 aromatic rings. The first-order valence-corrected chi connectivity index (χ1v) is 8.83. The van der Waals surface area contributed by atoms with E-state index in [1.54, 1.807) is 36.0 Å². The molecule has 0 aliphatic carbocycles. The molecule has 0 aliphatic heterocycles. The molecule has 1 unspecified atom stereocenters. The summed E-state index contributed by atoms with van der Waals surface area (Å²) < 4.78 is 0. The molecule has 2 amide bonds. The van der Waals surface area contributed by atoms with Crippen LogP contribution in [-0.2, 0) is 4.79 Å². The van der Waals surface area contributed by atoms with Gasteiger partial charge in [0.15, 0.2) is 0 Å². The van der Waals surface area contributed by atoms with Gasteiger partial charge in [-0.1, -0.05) is 36.4 Å². The van der Waals surface area contributed by atoms with Crippen molar-refractivity contribution in [2.75, 3.05) is 12.3 Å². The summed E-state index contributed by atoms with van der Waals surface area (Å²) in [6, 6.07) is 18.6. The van der Waals surface area contributed by atoms with Crippen LogP contribution >= 0.6 is 11.8 Å². The maximum atomic E-state index is 12.5. The average molecular weight is 353 g/mol. The SMILES string of the molecule is N#CCNC(=O)C(CCSc1ccccc1)c1ccccc1C(N)=O. The second-order valence-electron chi connectivity index (χ2n) is 5.33. The highest BCUT2D eigenvalue weighted by Gasteiger charge is 2.24. The van der Waals surface area contributed by atoms with Gasteiger partial charge in [0, 0.05) is 10.5 Å². The second-order valence-corrected chi connectivity index (χ2v) is 6.50. The first-order valence-electron chi connectivity index (χ1n) is 7.84. The van der Waals surface area contributed by atoms with Crippen LogP contribution in [0.1, 0.15) is 28.3 Å².